The average Bonchev–Trinajstić information content (AvgIpc) is 2.38. The maximum Gasteiger partial charge on any atom is 0.163 e. The van der Waals surface area contributed by atoms with Crippen LogP contribution in [-0.2, 0) is 0 Å². The summed E-state index contributed by atoms with van der Waals surface area (Å²) in [5.74, 6) is 1.70. The fourth-order valence-electron chi connectivity index (χ4n) is 2.47. The summed E-state index contributed by atoms with van der Waals surface area (Å²) in [7, 11) is 0. The van der Waals surface area contributed by atoms with Crippen molar-refractivity contribution in [1.29, 1.82) is 0 Å². The highest BCUT2D eigenvalue weighted by Gasteiger charge is 2.19. The molecule has 4 nitrogen and oxygen atoms in total. The van der Waals surface area contributed by atoms with Crippen molar-refractivity contribution in [3.63, 3.8) is 0 Å². The Balaban J connectivity index is 1.83. The summed E-state index contributed by atoms with van der Waals surface area (Å²) in [5, 5.41) is 0. The Labute approximate surface area is 101 Å². The normalized spacial score (nSPS) is 23.6. The molecule has 1 atom stereocenters. The third-order valence-electron chi connectivity index (χ3n) is 3.35. The van der Waals surface area contributed by atoms with Crippen LogP contribution in [0.3, 0.4) is 0 Å². The molecule has 0 radical (unpaired) electrons. The van der Waals surface area contributed by atoms with E-state index >= 15 is 0 Å². The number of fused-ring (bicyclic) bond motifs is 1. The van der Waals surface area contributed by atoms with Gasteiger partial charge in [-0.05, 0) is 25.0 Å². The summed E-state index contributed by atoms with van der Waals surface area (Å²) >= 11 is 0. The number of hydrogen-bond acceptors (Lipinski definition) is 4. The summed E-state index contributed by atoms with van der Waals surface area (Å²) in [6, 6.07) is 6.43. The van der Waals surface area contributed by atoms with E-state index in [1.807, 2.05) is 6.07 Å². The number of rotatable bonds is 1. The number of nitrogens with zero attached hydrogens (tertiary/aromatic N) is 1. The van der Waals surface area contributed by atoms with Gasteiger partial charge in [-0.25, -0.2) is 0 Å². The van der Waals surface area contributed by atoms with Gasteiger partial charge in [0.2, 0.25) is 0 Å². The summed E-state index contributed by atoms with van der Waals surface area (Å²) in [6.07, 6.45) is 2.29. The molecule has 1 aromatic carbocycles. The first-order valence-corrected chi connectivity index (χ1v) is 6.23. The Bertz CT molecular complexity index is 408. The van der Waals surface area contributed by atoms with E-state index in [1.165, 1.54) is 5.69 Å². The van der Waals surface area contributed by atoms with Crippen LogP contribution in [-0.4, -0.2) is 32.3 Å². The topological polar surface area (TPSA) is 47.7 Å². The number of nitrogens with two attached hydrogens (primary N) is 1. The molecule has 2 N–H and O–H groups in total. The summed E-state index contributed by atoms with van der Waals surface area (Å²) in [6.45, 7) is 3.28. The standard InChI is InChI=1S/C13H18N2O2/c14-10-2-1-5-15(9-10)11-3-4-12-13(8-11)17-7-6-16-12/h3-4,8,10H,1-2,5-7,9,14H2. The lowest BCUT2D eigenvalue weighted by atomic mass is 10.1. The van der Waals surface area contributed by atoms with E-state index in [0.717, 1.165) is 37.4 Å². The third-order valence-corrected chi connectivity index (χ3v) is 3.35. The minimum atomic E-state index is 0.289. The van der Waals surface area contributed by atoms with Crippen molar-refractivity contribution in [3.8, 4) is 11.5 Å². The molecule has 0 spiro atoms. The molecule has 0 aliphatic carbocycles. The molecular formula is C13H18N2O2. The van der Waals surface area contributed by atoms with Gasteiger partial charge in [0.15, 0.2) is 11.5 Å². The van der Waals surface area contributed by atoms with Crippen molar-refractivity contribution in [2.24, 2.45) is 5.73 Å². The van der Waals surface area contributed by atoms with Gasteiger partial charge >= 0.3 is 0 Å². The summed E-state index contributed by atoms with van der Waals surface area (Å²) < 4.78 is 11.1. The fourth-order valence-corrected chi connectivity index (χ4v) is 2.47. The minimum absolute atomic E-state index is 0.289. The molecule has 2 aliphatic heterocycles. The van der Waals surface area contributed by atoms with E-state index in [2.05, 4.69) is 17.0 Å². The van der Waals surface area contributed by atoms with Crippen LogP contribution in [0.5, 0.6) is 11.5 Å². The molecule has 1 saturated heterocycles. The Morgan fingerprint density at radius 1 is 1.18 bits per heavy atom. The Morgan fingerprint density at radius 3 is 2.82 bits per heavy atom. The highest BCUT2D eigenvalue weighted by atomic mass is 16.6. The second-order valence-corrected chi connectivity index (χ2v) is 4.68. The van der Waals surface area contributed by atoms with E-state index in [4.69, 9.17) is 15.2 Å². The van der Waals surface area contributed by atoms with Gasteiger partial charge in [0.1, 0.15) is 13.2 Å². The molecule has 0 saturated carbocycles. The van der Waals surface area contributed by atoms with Crippen LogP contribution in [0.1, 0.15) is 12.8 Å². The number of ether oxygens (including phenoxy) is 2. The molecule has 0 aromatic heterocycles. The Morgan fingerprint density at radius 2 is 2.00 bits per heavy atom. The van der Waals surface area contributed by atoms with Crippen LogP contribution in [0.2, 0.25) is 0 Å². The predicted octanol–water partition coefficient (Wildman–Crippen LogP) is 1.39. The third kappa shape index (κ3) is 2.17. The van der Waals surface area contributed by atoms with E-state index in [0.29, 0.717) is 13.2 Å². The molecule has 1 fully saturated rings. The molecule has 0 amide bonds. The lowest BCUT2D eigenvalue weighted by Crippen LogP contribution is -2.42. The molecule has 0 bridgehead atoms. The number of hydrogen-bond donors (Lipinski definition) is 1. The van der Waals surface area contributed by atoms with E-state index < -0.39 is 0 Å². The Hall–Kier alpha value is -1.42. The molecule has 4 heteroatoms. The Kier molecular flexibility index (Phi) is 2.81. The first-order valence-electron chi connectivity index (χ1n) is 6.23. The number of benzene rings is 1. The van der Waals surface area contributed by atoms with Crippen molar-refractivity contribution in [3.05, 3.63) is 18.2 Å². The smallest absolute Gasteiger partial charge is 0.163 e. The van der Waals surface area contributed by atoms with Crippen molar-refractivity contribution < 1.29 is 9.47 Å². The van der Waals surface area contributed by atoms with E-state index in [1.54, 1.807) is 0 Å². The lowest BCUT2D eigenvalue weighted by molar-refractivity contribution is 0.171. The second kappa shape index (κ2) is 4.45. The van der Waals surface area contributed by atoms with Crippen molar-refractivity contribution in [1.82, 2.24) is 0 Å². The molecule has 92 valence electrons. The van der Waals surface area contributed by atoms with Gasteiger partial charge in [0, 0.05) is 30.9 Å². The molecule has 2 aliphatic rings. The molecule has 2 heterocycles. The highest BCUT2D eigenvalue weighted by molar-refractivity contribution is 5.57. The summed E-state index contributed by atoms with van der Waals surface area (Å²) in [4.78, 5) is 2.33. The maximum atomic E-state index is 6.00. The molecule has 1 unspecified atom stereocenters. The van der Waals surface area contributed by atoms with Gasteiger partial charge in [-0.15, -0.1) is 0 Å². The maximum absolute atomic E-state index is 6.00. The van der Waals surface area contributed by atoms with Gasteiger partial charge in [-0.2, -0.15) is 0 Å². The zero-order valence-electron chi connectivity index (χ0n) is 9.89. The number of anilines is 1. The molecule has 3 rings (SSSR count). The van der Waals surface area contributed by atoms with Crippen LogP contribution >= 0.6 is 0 Å². The van der Waals surface area contributed by atoms with E-state index in [9.17, 15) is 0 Å². The highest BCUT2D eigenvalue weighted by Crippen LogP contribution is 2.34. The van der Waals surface area contributed by atoms with Gasteiger partial charge < -0.3 is 20.1 Å². The largest absolute Gasteiger partial charge is 0.486 e. The van der Waals surface area contributed by atoms with Crippen molar-refractivity contribution in [2.45, 2.75) is 18.9 Å². The zero-order valence-corrected chi connectivity index (χ0v) is 9.89. The molecule has 17 heavy (non-hydrogen) atoms. The first kappa shape index (κ1) is 10.7. The van der Waals surface area contributed by atoms with Crippen LogP contribution in [0, 0.1) is 0 Å². The lowest BCUT2D eigenvalue weighted by Gasteiger charge is -2.33. The van der Waals surface area contributed by atoms with Crippen molar-refractivity contribution >= 4 is 5.69 Å². The monoisotopic (exact) mass is 234 g/mol. The second-order valence-electron chi connectivity index (χ2n) is 4.68. The van der Waals surface area contributed by atoms with Crippen LogP contribution < -0.4 is 20.1 Å². The van der Waals surface area contributed by atoms with Crippen LogP contribution in [0.15, 0.2) is 18.2 Å². The quantitative estimate of drug-likeness (QED) is 0.797. The van der Waals surface area contributed by atoms with Crippen molar-refractivity contribution in [2.75, 3.05) is 31.2 Å². The predicted molar refractivity (Wildman–Crippen MR) is 66.9 cm³/mol. The zero-order chi connectivity index (χ0) is 11.7. The number of piperidine rings is 1. The van der Waals surface area contributed by atoms with E-state index in [-0.39, 0.29) is 6.04 Å². The van der Waals surface area contributed by atoms with Gasteiger partial charge in [0.05, 0.1) is 0 Å². The SMILES string of the molecule is NC1CCCN(c2ccc3c(c2)OCCO3)C1. The van der Waals surface area contributed by atoms with Gasteiger partial charge in [-0.1, -0.05) is 0 Å². The summed E-state index contributed by atoms with van der Waals surface area (Å²) in [5.41, 5.74) is 7.19. The molecular weight excluding hydrogens is 216 g/mol. The van der Waals surface area contributed by atoms with Gasteiger partial charge in [0.25, 0.3) is 0 Å². The van der Waals surface area contributed by atoms with Crippen LogP contribution in [0.25, 0.3) is 0 Å². The fraction of sp³-hybridized carbons (Fsp3) is 0.538. The van der Waals surface area contributed by atoms with Gasteiger partial charge in [-0.3, -0.25) is 0 Å². The minimum Gasteiger partial charge on any atom is -0.486 e. The average molecular weight is 234 g/mol. The van der Waals surface area contributed by atoms with Crippen LogP contribution in [0.4, 0.5) is 5.69 Å². The molecule has 1 aromatic rings. The first-order chi connectivity index (χ1) is 8.33.